The minimum absolute atomic E-state index is 0.616. The molecule has 0 bridgehead atoms. The molecule has 2 aromatic carbocycles. The smallest absolute Gasteiger partial charge is 0.117 e. The first-order chi connectivity index (χ1) is 13.6. The van der Waals surface area contributed by atoms with Gasteiger partial charge in [-0.15, -0.1) is 0 Å². The minimum Gasteiger partial charge on any atom is -0.340 e. The van der Waals surface area contributed by atoms with E-state index in [-0.39, 0.29) is 0 Å². The molecular weight excluding hydrogens is 390 g/mol. The predicted molar refractivity (Wildman–Crippen MR) is 121 cm³/mol. The van der Waals surface area contributed by atoms with Crippen LogP contribution in [0.5, 0.6) is 0 Å². The number of nitriles is 1. The SMILES string of the molecule is CC.CCCS(=O)Nc1ccc(-c2c(C#N)c3cc(Cl)ccc3n2CC)cc1. The Bertz CT molecular complexity index is 1000. The Morgan fingerprint density at radius 1 is 1.14 bits per heavy atom. The molecule has 28 heavy (non-hydrogen) atoms. The molecule has 0 fully saturated rings. The summed E-state index contributed by atoms with van der Waals surface area (Å²) in [6.45, 7) is 8.81. The second-order valence-corrected chi connectivity index (χ2v) is 7.71. The van der Waals surface area contributed by atoms with Crippen molar-refractivity contribution in [3.8, 4) is 17.3 Å². The van der Waals surface area contributed by atoms with Gasteiger partial charge in [0.1, 0.15) is 17.1 Å². The third-order valence-electron chi connectivity index (χ3n) is 4.23. The molecule has 3 aromatic rings. The molecule has 0 saturated carbocycles. The van der Waals surface area contributed by atoms with Crippen LogP contribution in [0, 0.1) is 11.3 Å². The first-order valence-electron chi connectivity index (χ1n) is 9.56. The topological polar surface area (TPSA) is 57.8 Å². The summed E-state index contributed by atoms with van der Waals surface area (Å²) >= 11 is 6.14. The molecule has 1 atom stereocenters. The molecule has 0 amide bonds. The maximum atomic E-state index is 11.9. The van der Waals surface area contributed by atoms with Crippen molar-refractivity contribution in [3.05, 3.63) is 53.1 Å². The molecule has 4 nitrogen and oxygen atoms in total. The zero-order valence-corrected chi connectivity index (χ0v) is 18.3. The van der Waals surface area contributed by atoms with E-state index in [1.807, 2.05) is 63.2 Å². The summed E-state index contributed by atoms with van der Waals surface area (Å²) in [6.07, 6.45) is 0.863. The van der Waals surface area contributed by atoms with Crippen LogP contribution in [0.15, 0.2) is 42.5 Å². The largest absolute Gasteiger partial charge is 0.340 e. The summed E-state index contributed by atoms with van der Waals surface area (Å²) in [4.78, 5) is 0. The van der Waals surface area contributed by atoms with Gasteiger partial charge in [0.25, 0.3) is 0 Å². The second kappa shape index (κ2) is 10.3. The van der Waals surface area contributed by atoms with Gasteiger partial charge in [-0.05, 0) is 49.2 Å². The van der Waals surface area contributed by atoms with Crippen molar-refractivity contribution in [1.29, 1.82) is 5.26 Å². The van der Waals surface area contributed by atoms with E-state index in [1.54, 1.807) is 0 Å². The van der Waals surface area contributed by atoms with Crippen molar-refractivity contribution >= 4 is 39.2 Å². The van der Waals surface area contributed by atoms with Gasteiger partial charge in [0, 0.05) is 33.9 Å². The van der Waals surface area contributed by atoms with Crippen LogP contribution in [0.3, 0.4) is 0 Å². The summed E-state index contributed by atoms with van der Waals surface area (Å²) in [5.41, 5.74) is 4.26. The van der Waals surface area contributed by atoms with Gasteiger partial charge < -0.3 is 9.29 Å². The number of anilines is 1. The third kappa shape index (κ3) is 4.57. The van der Waals surface area contributed by atoms with Crippen molar-refractivity contribution in [2.45, 2.75) is 40.7 Å². The number of hydrogen-bond donors (Lipinski definition) is 1. The van der Waals surface area contributed by atoms with Crippen LogP contribution in [0.1, 0.15) is 39.7 Å². The number of hydrogen-bond acceptors (Lipinski definition) is 2. The molecule has 1 N–H and O–H groups in total. The Labute approximate surface area is 174 Å². The average molecular weight is 416 g/mol. The van der Waals surface area contributed by atoms with Gasteiger partial charge in [-0.1, -0.05) is 44.5 Å². The van der Waals surface area contributed by atoms with E-state index >= 15 is 0 Å². The van der Waals surface area contributed by atoms with Crippen LogP contribution in [-0.4, -0.2) is 14.5 Å². The number of benzene rings is 2. The van der Waals surface area contributed by atoms with Gasteiger partial charge in [-0.2, -0.15) is 5.26 Å². The summed E-state index contributed by atoms with van der Waals surface area (Å²) in [5, 5.41) is 11.2. The van der Waals surface area contributed by atoms with E-state index in [2.05, 4.69) is 22.3 Å². The fourth-order valence-corrected chi connectivity index (χ4v) is 4.18. The molecule has 0 spiro atoms. The van der Waals surface area contributed by atoms with Gasteiger partial charge in [-0.3, -0.25) is 0 Å². The number of aromatic nitrogens is 1. The van der Waals surface area contributed by atoms with Crippen molar-refractivity contribution in [1.82, 2.24) is 4.57 Å². The molecule has 1 aromatic heterocycles. The number of halogens is 1. The molecule has 0 aliphatic heterocycles. The molecule has 0 saturated heterocycles. The van der Waals surface area contributed by atoms with E-state index in [1.165, 1.54) is 0 Å². The molecule has 1 heterocycles. The number of nitrogens with zero attached hydrogens (tertiary/aromatic N) is 2. The van der Waals surface area contributed by atoms with Crippen molar-refractivity contribution in [2.75, 3.05) is 10.5 Å². The lowest BCUT2D eigenvalue weighted by Crippen LogP contribution is -2.07. The number of aryl methyl sites for hydroxylation is 1. The maximum Gasteiger partial charge on any atom is 0.117 e. The molecule has 6 heteroatoms. The molecule has 1 unspecified atom stereocenters. The van der Waals surface area contributed by atoms with Crippen LogP contribution in [-0.2, 0) is 17.5 Å². The Hall–Kier alpha value is -2.29. The number of fused-ring (bicyclic) bond motifs is 1. The van der Waals surface area contributed by atoms with E-state index in [9.17, 15) is 9.47 Å². The highest BCUT2D eigenvalue weighted by Gasteiger charge is 2.18. The van der Waals surface area contributed by atoms with E-state index in [4.69, 9.17) is 11.6 Å². The van der Waals surface area contributed by atoms with Gasteiger partial charge in [0.05, 0.1) is 11.3 Å². The molecule has 0 radical (unpaired) electrons. The maximum absolute atomic E-state index is 11.9. The highest BCUT2D eigenvalue weighted by molar-refractivity contribution is 7.86. The predicted octanol–water partition coefficient (Wildman–Crippen LogP) is 6.37. The van der Waals surface area contributed by atoms with E-state index < -0.39 is 11.0 Å². The van der Waals surface area contributed by atoms with Crippen LogP contribution in [0.25, 0.3) is 22.2 Å². The molecule has 3 rings (SSSR count). The zero-order chi connectivity index (χ0) is 20.7. The molecule has 0 aliphatic rings. The van der Waals surface area contributed by atoms with Crippen LogP contribution < -0.4 is 4.72 Å². The second-order valence-electron chi connectivity index (χ2n) is 5.97. The van der Waals surface area contributed by atoms with Crippen LogP contribution >= 0.6 is 11.6 Å². The lowest BCUT2D eigenvalue weighted by molar-refractivity contribution is 0.685. The lowest BCUT2D eigenvalue weighted by atomic mass is 10.1. The van der Waals surface area contributed by atoms with Gasteiger partial charge >= 0.3 is 0 Å². The third-order valence-corrected chi connectivity index (χ3v) is 5.71. The molecule has 0 aliphatic carbocycles. The Balaban J connectivity index is 0.00000136. The van der Waals surface area contributed by atoms with Gasteiger partial charge in [0.15, 0.2) is 0 Å². The Morgan fingerprint density at radius 2 is 1.82 bits per heavy atom. The zero-order valence-electron chi connectivity index (χ0n) is 16.8. The highest BCUT2D eigenvalue weighted by Crippen LogP contribution is 2.35. The first kappa shape index (κ1) is 22.0. The summed E-state index contributed by atoms with van der Waals surface area (Å²) in [7, 11) is -1.07. The normalized spacial score (nSPS) is 11.4. The Kier molecular flexibility index (Phi) is 8.10. The Morgan fingerprint density at radius 3 is 2.39 bits per heavy atom. The summed E-state index contributed by atoms with van der Waals surface area (Å²) in [5.74, 6) is 0.616. The average Bonchev–Trinajstić information content (AvgIpc) is 3.02. The highest BCUT2D eigenvalue weighted by atomic mass is 35.5. The fourth-order valence-electron chi connectivity index (χ4n) is 3.13. The van der Waals surface area contributed by atoms with E-state index in [0.717, 1.165) is 40.8 Å². The quantitative estimate of drug-likeness (QED) is 0.508. The van der Waals surface area contributed by atoms with Crippen molar-refractivity contribution in [3.63, 3.8) is 0 Å². The molecular formula is C22H26ClN3OS. The number of nitrogens with one attached hydrogen (secondary N) is 1. The number of rotatable bonds is 6. The van der Waals surface area contributed by atoms with Crippen molar-refractivity contribution in [2.24, 2.45) is 0 Å². The monoisotopic (exact) mass is 415 g/mol. The van der Waals surface area contributed by atoms with Crippen LogP contribution in [0.2, 0.25) is 5.02 Å². The summed E-state index contributed by atoms with van der Waals surface area (Å²) in [6, 6.07) is 15.7. The molecule has 148 valence electrons. The lowest BCUT2D eigenvalue weighted by Gasteiger charge is -2.10. The van der Waals surface area contributed by atoms with Crippen molar-refractivity contribution < 1.29 is 4.21 Å². The first-order valence-corrected chi connectivity index (χ1v) is 11.3. The minimum atomic E-state index is -1.07. The summed E-state index contributed by atoms with van der Waals surface area (Å²) < 4.78 is 17.0. The van der Waals surface area contributed by atoms with Crippen LogP contribution in [0.4, 0.5) is 5.69 Å². The fraction of sp³-hybridized carbons (Fsp3) is 0.318. The standard InChI is InChI=1S/C20H20ClN3OS.C2H6/c1-3-11-26(25)23-16-8-5-14(6-9-16)20-18(13-22)17-12-15(21)7-10-19(17)24(20)4-2;1-2/h5-10,12,23H,3-4,11H2,1-2H3;1-2H3. The van der Waals surface area contributed by atoms with Gasteiger partial charge in [-0.25, -0.2) is 4.21 Å². The van der Waals surface area contributed by atoms with Gasteiger partial charge in [0.2, 0.25) is 0 Å². The van der Waals surface area contributed by atoms with E-state index in [0.29, 0.717) is 16.3 Å².